The summed E-state index contributed by atoms with van der Waals surface area (Å²) < 4.78 is 14.0. The molecule has 2 rings (SSSR count). The average Bonchev–Trinajstić information content (AvgIpc) is 2.34. The molecular weight excluding hydrogens is 263 g/mol. The zero-order chi connectivity index (χ0) is 14.0. The van der Waals surface area contributed by atoms with E-state index in [1.807, 2.05) is 0 Å². The van der Waals surface area contributed by atoms with Gasteiger partial charge in [-0.05, 0) is 37.5 Å². The largest absolute Gasteiger partial charge is 0.364 e. The number of anilines is 1. The van der Waals surface area contributed by atoms with Crippen LogP contribution in [0.15, 0.2) is 18.2 Å². The summed E-state index contributed by atoms with van der Waals surface area (Å²) in [7, 11) is 0. The minimum atomic E-state index is -0.193. The molecule has 1 saturated heterocycles. The molecule has 1 aliphatic heterocycles. The number of piperazine rings is 1. The molecule has 0 bridgehead atoms. The summed E-state index contributed by atoms with van der Waals surface area (Å²) in [6, 6.07) is 5.46. The fourth-order valence-electron chi connectivity index (χ4n) is 2.70. The van der Waals surface area contributed by atoms with Crippen molar-refractivity contribution in [1.29, 1.82) is 0 Å². The Morgan fingerprint density at radius 3 is 2.89 bits per heavy atom. The number of hydrogen-bond acceptors (Lipinski definition) is 2. The molecule has 0 aromatic heterocycles. The third-order valence-corrected chi connectivity index (χ3v) is 3.86. The fraction of sp³-hybridized carbons (Fsp3) is 0.600. The molecule has 106 valence electrons. The third-order valence-electron chi connectivity index (χ3n) is 3.62. The molecule has 19 heavy (non-hydrogen) atoms. The van der Waals surface area contributed by atoms with Gasteiger partial charge in [-0.25, -0.2) is 4.39 Å². The van der Waals surface area contributed by atoms with Crippen molar-refractivity contribution in [2.24, 2.45) is 5.92 Å². The molecule has 0 saturated carbocycles. The molecule has 1 N–H and O–H groups in total. The SMILES string of the molecule is CC(C)CC1CN(c2cc(Cl)ccc2F)C(C)CN1. The first kappa shape index (κ1) is 14.6. The average molecular weight is 285 g/mol. The van der Waals surface area contributed by atoms with E-state index in [0.717, 1.165) is 19.5 Å². The van der Waals surface area contributed by atoms with E-state index in [1.54, 1.807) is 12.1 Å². The Kier molecular flexibility index (Phi) is 4.69. The molecule has 2 atom stereocenters. The molecule has 2 unspecified atom stereocenters. The molecule has 0 spiro atoms. The van der Waals surface area contributed by atoms with Crippen LogP contribution in [-0.4, -0.2) is 25.2 Å². The van der Waals surface area contributed by atoms with Crippen molar-refractivity contribution in [2.75, 3.05) is 18.0 Å². The van der Waals surface area contributed by atoms with E-state index < -0.39 is 0 Å². The first-order chi connectivity index (χ1) is 8.97. The van der Waals surface area contributed by atoms with E-state index in [1.165, 1.54) is 6.07 Å². The summed E-state index contributed by atoms with van der Waals surface area (Å²) in [6.45, 7) is 8.24. The predicted octanol–water partition coefficient (Wildman–Crippen LogP) is 3.69. The summed E-state index contributed by atoms with van der Waals surface area (Å²) in [5, 5.41) is 4.12. The van der Waals surface area contributed by atoms with E-state index in [2.05, 4.69) is 31.0 Å². The molecule has 1 fully saturated rings. The van der Waals surface area contributed by atoms with Crippen LogP contribution in [0.2, 0.25) is 5.02 Å². The van der Waals surface area contributed by atoms with E-state index in [-0.39, 0.29) is 11.9 Å². The Bertz CT molecular complexity index is 436. The number of hydrogen-bond donors (Lipinski definition) is 1. The predicted molar refractivity (Wildman–Crippen MR) is 79.5 cm³/mol. The van der Waals surface area contributed by atoms with Gasteiger partial charge in [-0.1, -0.05) is 25.4 Å². The molecule has 1 heterocycles. The number of nitrogens with one attached hydrogen (secondary N) is 1. The van der Waals surface area contributed by atoms with Crippen molar-refractivity contribution in [2.45, 2.75) is 39.3 Å². The quantitative estimate of drug-likeness (QED) is 0.911. The lowest BCUT2D eigenvalue weighted by Crippen LogP contribution is -2.56. The fourth-order valence-corrected chi connectivity index (χ4v) is 2.86. The van der Waals surface area contributed by atoms with Crippen LogP contribution >= 0.6 is 11.6 Å². The van der Waals surface area contributed by atoms with Gasteiger partial charge in [0.2, 0.25) is 0 Å². The van der Waals surface area contributed by atoms with Crippen molar-refractivity contribution in [3.63, 3.8) is 0 Å². The molecule has 4 heteroatoms. The van der Waals surface area contributed by atoms with Crippen molar-refractivity contribution in [3.8, 4) is 0 Å². The molecule has 1 aliphatic rings. The zero-order valence-corrected chi connectivity index (χ0v) is 12.5. The van der Waals surface area contributed by atoms with E-state index >= 15 is 0 Å². The molecule has 2 nitrogen and oxygen atoms in total. The van der Waals surface area contributed by atoms with Crippen molar-refractivity contribution in [1.82, 2.24) is 5.32 Å². The Balaban J connectivity index is 2.18. The summed E-state index contributed by atoms with van der Waals surface area (Å²) >= 11 is 6.00. The van der Waals surface area contributed by atoms with Gasteiger partial charge in [0.05, 0.1) is 5.69 Å². The van der Waals surface area contributed by atoms with Gasteiger partial charge in [0.15, 0.2) is 0 Å². The topological polar surface area (TPSA) is 15.3 Å². The van der Waals surface area contributed by atoms with Crippen LogP contribution in [0.25, 0.3) is 0 Å². The Labute approximate surface area is 119 Å². The highest BCUT2D eigenvalue weighted by atomic mass is 35.5. The summed E-state index contributed by atoms with van der Waals surface area (Å²) in [5.41, 5.74) is 0.621. The minimum Gasteiger partial charge on any atom is -0.364 e. The summed E-state index contributed by atoms with van der Waals surface area (Å²) in [5.74, 6) is 0.443. The van der Waals surface area contributed by atoms with Crippen molar-refractivity contribution in [3.05, 3.63) is 29.0 Å². The third kappa shape index (κ3) is 3.61. The molecule has 0 amide bonds. The van der Waals surface area contributed by atoms with Crippen LogP contribution in [0, 0.1) is 11.7 Å². The normalized spacial score (nSPS) is 24.0. The summed E-state index contributed by atoms with van der Waals surface area (Å²) in [4.78, 5) is 2.13. The number of nitrogens with zero attached hydrogens (tertiary/aromatic N) is 1. The molecule has 1 aromatic rings. The number of rotatable bonds is 3. The van der Waals surface area contributed by atoms with E-state index in [4.69, 9.17) is 11.6 Å². The van der Waals surface area contributed by atoms with E-state index in [9.17, 15) is 4.39 Å². The molecule has 0 radical (unpaired) electrons. The first-order valence-corrected chi connectivity index (χ1v) is 7.30. The van der Waals surface area contributed by atoms with Crippen molar-refractivity contribution >= 4 is 17.3 Å². The number of halogens is 2. The van der Waals surface area contributed by atoms with E-state index in [0.29, 0.717) is 22.7 Å². The Morgan fingerprint density at radius 1 is 1.47 bits per heavy atom. The van der Waals surface area contributed by atoms with Crippen LogP contribution in [0.5, 0.6) is 0 Å². The lowest BCUT2D eigenvalue weighted by atomic mass is 9.99. The second kappa shape index (κ2) is 6.10. The maximum atomic E-state index is 14.0. The summed E-state index contributed by atoms with van der Waals surface area (Å²) in [6.07, 6.45) is 1.10. The highest BCUT2D eigenvalue weighted by Crippen LogP contribution is 2.27. The zero-order valence-electron chi connectivity index (χ0n) is 11.8. The van der Waals surface area contributed by atoms with Crippen molar-refractivity contribution < 1.29 is 4.39 Å². The van der Waals surface area contributed by atoms with Gasteiger partial charge in [0, 0.05) is 30.2 Å². The molecule has 1 aromatic carbocycles. The molecular formula is C15H22ClFN2. The standard InChI is InChI=1S/C15H22ClFN2/c1-10(2)6-13-9-19(11(3)8-18-13)15-7-12(16)4-5-14(15)17/h4-5,7,10-11,13,18H,6,8-9H2,1-3H3. The van der Waals surface area contributed by atoms with Gasteiger partial charge in [-0.3, -0.25) is 0 Å². The van der Waals surface area contributed by atoms with Gasteiger partial charge in [-0.2, -0.15) is 0 Å². The Hall–Kier alpha value is -0.800. The lowest BCUT2D eigenvalue weighted by molar-refractivity contribution is 0.354. The maximum absolute atomic E-state index is 14.0. The smallest absolute Gasteiger partial charge is 0.146 e. The van der Waals surface area contributed by atoms with Gasteiger partial charge in [0.25, 0.3) is 0 Å². The van der Waals surface area contributed by atoms with Crippen LogP contribution < -0.4 is 10.2 Å². The van der Waals surface area contributed by atoms with Crippen LogP contribution in [-0.2, 0) is 0 Å². The Morgan fingerprint density at radius 2 is 2.21 bits per heavy atom. The van der Waals surface area contributed by atoms with Gasteiger partial charge in [-0.15, -0.1) is 0 Å². The second-order valence-corrected chi connectivity index (χ2v) is 6.27. The van der Waals surface area contributed by atoms with Gasteiger partial charge >= 0.3 is 0 Å². The highest BCUT2D eigenvalue weighted by molar-refractivity contribution is 6.30. The van der Waals surface area contributed by atoms with Crippen LogP contribution in [0.4, 0.5) is 10.1 Å². The van der Waals surface area contributed by atoms with Crippen LogP contribution in [0.1, 0.15) is 27.2 Å². The number of benzene rings is 1. The van der Waals surface area contributed by atoms with Crippen LogP contribution in [0.3, 0.4) is 0 Å². The van der Waals surface area contributed by atoms with Gasteiger partial charge in [0.1, 0.15) is 5.82 Å². The maximum Gasteiger partial charge on any atom is 0.146 e. The highest BCUT2D eigenvalue weighted by Gasteiger charge is 2.27. The molecule has 0 aliphatic carbocycles. The van der Waals surface area contributed by atoms with Gasteiger partial charge < -0.3 is 10.2 Å². The monoisotopic (exact) mass is 284 g/mol. The minimum absolute atomic E-state index is 0.193. The second-order valence-electron chi connectivity index (χ2n) is 5.83. The first-order valence-electron chi connectivity index (χ1n) is 6.92. The lowest BCUT2D eigenvalue weighted by Gasteiger charge is -2.41.